The number of alkyl halides is 1. The predicted molar refractivity (Wildman–Crippen MR) is 97.7 cm³/mol. The van der Waals surface area contributed by atoms with Crippen molar-refractivity contribution in [2.24, 2.45) is 5.41 Å². The molecule has 140 valence electrons. The Kier molecular flexibility index (Phi) is 5.46. The minimum atomic E-state index is -0.752. The van der Waals surface area contributed by atoms with Gasteiger partial charge in [-0.25, -0.2) is 4.39 Å². The largest absolute Gasteiger partial charge is 0.403 e. The monoisotopic (exact) mass is 380 g/mol. The van der Waals surface area contributed by atoms with E-state index in [2.05, 4.69) is 15.5 Å². The van der Waals surface area contributed by atoms with Crippen LogP contribution in [0.4, 0.5) is 10.4 Å². The fourth-order valence-corrected chi connectivity index (χ4v) is 3.04. The zero-order valence-corrected chi connectivity index (χ0v) is 15.5. The van der Waals surface area contributed by atoms with Gasteiger partial charge in [-0.15, -0.1) is 5.10 Å². The Bertz CT molecular complexity index is 746. The summed E-state index contributed by atoms with van der Waals surface area (Å²) in [5, 5.41) is 11.6. The number of amides is 1. The van der Waals surface area contributed by atoms with Crippen molar-refractivity contribution in [3.8, 4) is 11.5 Å². The van der Waals surface area contributed by atoms with Gasteiger partial charge in [-0.3, -0.25) is 4.79 Å². The lowest BCUT2D eigenvalue weighted by molar-refractivity contribution is -0.117. The zero-order valence-electron chi connectivity index (χ0n) is 14.8. The molecule has 1 saturated heterocycles. The van der Waals surface area contributed by atoms with Gasteiger partial charge in [-0.1, -0.05) is 16.7 Å². The van der Waals surface area contributed by atoms with Crippen LogP contribution in [-0.2, 0) is 4.79 Å². The van der Waals surface area contributed by atoms with E-state index in [0.717, 1.165) is 24.8 Å². The van der Waals surface area contributed by atoms with Crippen LogP contribution in [0, 0.1) is 5.41 Å². The molecule has 1 spiro atoms. The van der Waals surface area contributed by atoms with Crippen molar-refractivity contribution in [2.75, 3.05) is 18.4 Å². The van der Waals surface area contributed by atoms with Crippen molar-refractivity contribution in [2.45, 2.75) is 38.9 Å². The Hall–Kier alpha value is -2.15. The van der Waals surface area contributed by atoms with E-state index < -0.39 is 6.17 Å². The molecule has 8 heteroatoms. The highest BCUT2D eigenvalue weighted by atomic mass is 35.5. The molecule has 1 N–H and O–H groups in total. The summed E-state index contributed by atoms with van der Waals surface area (Å²) in [4.78, 5) is 11.8. The minimum absolute atomic E-state index is 0.0963. The Morgan fingerprint density at radius 1 is 1.35 bits per heavy atom. The minimum Gasteiger partial charge on any atom is -0.403 e. The van der Waals surface area contributed by atoms with Crippen molar-refractivity contribution in [3.63, 3.8) is 0 Å². The number of hydrogen-bond donors (Lipinski definition) is 1. The summed E-state index contributed by atoms with van der Waals surface area (Å²) >= 11 is 5.79. The van der Waals surface area contributed by atoms with Crippen LogP contribution >= 0.6 is 11.6 Å². The fraction of sp³-hybridized carbons (Fsp3) is 0.500. The van der Waals surface area contributed by atoms with E-state index in [0.29, 0.717) is 30.0 Å². The molecular formula is C18H22ClFN4O2. The fourth-order valence-electron chi connectivity index (χ4n) is 2.92. The zero-order chi connectivity index (χ0) is 18.7. The van der Waals surface area contributed by atoms with Gasteiger partial charge in [-0.05, 0) is 51.0 Å². The first kappa shape index (κ1) is 18.6. The van der Waals surface area contributed by atoms with E-state index in [1.165, 1.54) is 4.90 Å². The maximum Gasteiger partial charge on any atom is 0.315 e. The molecule has 2 heterocycles. The Morgan fingerprint density at radius 3 is 2.54 bits per heavy atom. The van der Waals surface area contributed by atoms with E-state index in [-0.39, 0.29) is 11.5 Å². The number of nitrogens with one attached hydrogen (secondary N) is 1. The number of halogens is 2. The highest BCUT2D eigenvalue weighted by Crippen LogP contribution is 2.53. The quantitative estimate of drug-likeness (QED) is 0.817. The van der Waals surface area contributed by atoms with Crippen LogP contribution < -0.4 is 5.32 Å². The molecule has 0 radical (unpaired) electrons. The molecule has 1 aliphatic carbocycles. The van der Waals surface area contributed by atoms with Gasteiger partial charge in [0, 0.05) is 28.6 Å². The van der Waals surface area contributed by atoms with E-state index >= 15 is 0 Å². The molecule has 1 aromatic heterocycles. The lowest BCUT2D eigenvalue weighted by Gasteiger charge is -2.06. The highest BCUT2D eigenvalue weighted by Gasteiger charge is 2.55. The lowest BCUT2D eigenvalue weighted by Crippen LogP contribution is -2.18. The van der Waals surface area contributed by atoms with Crippen molar-refractivity contribution >= 4 is 24.0 Å². The first-order valence-corrected chi connectivity index (χ1v) is 8.99. The van der Waals surface area contributed by atoms with Crippen molar-refractivity contribution in [1.29, 1.82) is 0 Å². The van der Waals surface area contributed by atoms with Gasteiger partial charge in [-0.2, -0.15) is 0 Å². The highest BCUT2D eigenvalue weighted by molar-refractivity contribution is 6.30. The van der Waals surface area contributed by atoms with Gasteiger partial charge in [0.05, 0.1) is 6.54 Å². The van der Waals surface area contributed by atoms with E-state index in [9.17, 15) is 9.18 Å². The molecule has 1 aliphatic heterocycles. The molecule has 1 atom stereocenters. The Labute approximate surface area is 156 Å². The normalized spacial score (nSPS) is 20.0. The van der Waals surface area contributed by atoms with Gasteiger partial charge >= 0.3 is 6.01 Å². The summed E-state index contributed by atoms with van der Waals surface area (Å²) < 4.78 is 18.4. The van der Waals surface area contributed by atoms with Crippen molar-refractivity contribution in [1.82, 2.24) is 15.1 Å². The number of likely N-dealkylation sites (tertiary alicyclic amines) is 1. The molecule has 2 aromatic rings. The van der Waals surface area contributed by atoms with Crippen LogP contribution in [0.5, 0.6) is 0 Å². The number of nitrogens with zero attached hydrogens (tertiary/aromatic N) is 3. The summed E-state index contributed by atoms with van der Waals surface area (Å²) in [7, 11) is 0. The van der Waals surface area contributed by atoms with E-state index in [1.807, 2.05) is 26.0 Å². The standard InChI is InChI=1S/C11H12ClN3O.C7H10FNO/c1-7(2)13-11-15-14-10(16-11)8-3-5-9(12)6-4-8;8-6-3-9(5-10)4-7(6)1-2-7/h3-7H,1-2H3,(H,13,15);5-6H,1-4H2. The summed E-state index contributed by atoms with van der Waals surface area (Å²) in [6, 6.07) is 7.95. The molecule has 1 amide bonds. The number of carbonyl (C=O) groups is 1. The van der Waals surface area contributed by atoms with E-state index in [1.54, 1.807) is 12.1 Å². The predicted octanol–water partition coefficient (Wildman–Crippen LogP) is 3.79. The molecule has 2 fully saturated rings. The van der Waals surface area contributed by atoms with Crippen LogP contribution in [0.3, 0.4) is 0 Å². The molecule has 2 aliphatic rings. The Morgan fingerprint density at radius 2 is 2.04 bits per heavy atom. The topological polar surface area (TPSA) is 71.3 Å². The third-order valence-electron chi connectivity index (χ3n) is 4.55. The molecular weight excluding hydrogens is 359 g/mol. The maximum absolute atomic E-state index is 13.0. The second-order valence-electron chi connectivity index (χ2n) is 7.08. The first-order valence-electron chi connectivity index (χ1n) is 8.61. The van der Waals surface area contributed by atoms with Crippen LogP contribution in [0.1, 0.15) is 26.7 Å². The van der Waals surface area contributed by atoms with Crippen LogP contribution in [0.25, 0.3) is 11.5 Å². The number of benzene rings is 1. The molecule has 1 unspecified atom stereocenters. The van der Waals surface area contributed by atoms with Crippen LogP contribution in [-0.4, -0.2) is 46.8 Å². The number of anilines is 1. The average molecular weight is 381 g/mol. The molecule has 1 saturated carbocycles. The van der Waals surface area contributed by atoms with Gasteiger partial charge < -0.3 is 14.6 Å². The Balaban J connectivity index is 0.000000167. The summed E-state index contributed by atoms with van der Waals surface area (Å²) in [6.07, 6.45) is 1.94. The summed E-state index contributed by atoms with van der Waals surface area (Å²) in [5.74, 6) is 0.486. The SMILES string of the molecule is CC(C)Nc1nnc(-c2ccc(Cl)cc2)o1.O=CN1CC(F)C2(CC2)C1. The second kappa shape index (κ2) is 7.61. The molecule has 26 heavy (non-hydrogen) atoms. The number of rotatable bonds is 4. The number of hydrogen-bond acceptors (Lipinski definition) is 5. The molecule has 6 nitrogen and oxygen atoms in total. The molecule has 0 bridgehead atoms. The molecule has 4 rings (SSSR count). The van der Waals surface area contributed by atoms with Gasteiger partial charge in [0.25, 0.3) is 0 Å². The van der Waals surface area contributed by atoms with E-state index in [4.69, 9.17) is 16.0 Å². The number of aromatic nitrogens is 2. The summed E-state index contributed by atoms with van der Waals surface area (Å²) in [6.45, 7) is 4.99. The van der Waals surface area contributed by atoms with Gasteiger partial charge in [0.1, 0.15) is 6.17 Å². The summed E-state index contributed by atoms with van der Waals surface area (Å²) in [5.41, 5.74) is 0.759. The molecule has 1 aromatic carbocycles. The lowest BCUT2D eigenvalue weighted by atomic mass is 10.1. The van der Waals surface area contributed by atoms with Gasteiger partial charge in [0.15, 0.2) is 0 Å². The average Bonchev–Trinajstić information content (AvgIpc) is 3.13. The van der Waals surface area contributed by atoms with Crippen molar-refractivity contribution in [3.05, 3.63) is 29.3 Å². The first-order chi connectivity index (χ1) is 12.4. The van der Waals surface area contributed by atoms with Crippen molar-refractivity contribution < 1.29 is 13.6 Å². The van der Waals surface area contributed by atoms with Crippen LogP contribution in [0.2, 0.25) is 5.02 Å². The number of carbonyl (C=O) groups excluding carboxylic acids is 1. The second-order valence-corrected chi connectivity index (χ2v) is 7.52. The third kappa shape index (κ3) is 4.33. The van der Waals surface area contributed by atoms with Crippen LogP contribution in [0.15, 0.2) is 28.7 Å². The van der Waals surface area contributed by atoms with Gasteiger partial charge in [0.2, 0.25) is 12.3 Å². The third-order valence-corrected chi connectivity index (χ3v) is 4.80. The smallest absolute Gasteiger partial charge is 0.315 e. The maximum atomic E-state index is 13.0.